The molecule has 0 bridgehead atoms. The smallest absolute Gasteiger partial charge is 0.350 e. The highest BCUT2D eigenvalue weighted by Crippen LogP contribution is 2.40. The van der Waals surface area contributed by atoms with Gasteiger partial charge >= 0.3 is 5.69 Å². The van der Waals surface area contributed by atoms with Gasteiger partial charge in [-0.3, -0.25) is 0 Å². The van der Waals surface area contributed by atoms with Crippen molar-refractivity contribution < 1.29 is 14.2 Å². The Hall–Kier alpha value is -3.11. The molecule has 0 N–H and O–H groups in total. The second-order valence-corrected chi connectivity index (χ2v) is 9.32. The molecule has 1 aliphatic rings. The Labute approximate surface area is 217 Å². The van der Waals surface area contributed by atoms with Crippen LogP contribution in [0.2, 0.25) is 10.0 Å². The first-order chi connectivity index (χ1) is 17.5. The van der Waals surface area contributed by atoms with Gasteiger partial charge in [-0.1, -0.05) is 36.2 Å². The summed E-state index contributed by atoms with van der Waals surface area (Å²) in [6, 6.07) is 12.5. The number of benzene rings is 2. The van der Waals surface area contributed by atoms with Gasteiger partial charge in [-0.2, -0.15) is 5.10 Å². The van der Waals surface area contributed by atoms with Gasteiger partial charge in [0.15, 0.2) is 0 Å². The molecule has 1 saturated heterocycles. The Morgan fingerprint density at radius 3 is 2.72 bits per heavy atom. The van der Waals surface area contributed by atoms with E-state index in [1.54, 1.807) is 24.7 Å². The lowest BCUT2D eigenvalue weighted by Crippen LogP contribution is -2.34. The molecule has 2 atom stereocenters. The molecule has 1 fully saturated rings. The Balaban J connectivity index is 1.28. The van der Waals surface area contributed by atoms with Crippen molar-refractivity contribution in [3.05, 3.63) is 93.6 Å². The first kappa shape index (κ1) is 24.6. The van der Waals surface area contributed by atoms with Gasteiger partial charge in [0, 0.05) is 29.5 Å². The molecule has 188 valence electrons. The predicted octanol–water partition coefficient (Wildman–Crippen LogP) is 4.29. The quantitative estimate of drug-likeness (QED) is 0.321. The standard InChI is InChI=1S/C25H25Cl2N5O4/c1-2-10-32-24(33)31(17-29-32)19-4-6-20(7-5-19)34-13-21-14-35-25(36-21,15-30-11-9-28-16-30)22-8-3-18(26)12-23(22)27/h3-9,11-12,16-17,21H,2,10,13-15H2,1H3/t21-,25-/m1/s1. The number of halogens is 2. The van der Waals surface area contributed by atoms with E-state index in [4.69, 9.17) is 37.4 Å². The fourth-order valence-electron chi connectivity index (χ4n) is 4.15. The highest BCUT2D eigenvalue weighted by molar-refractivity contribution is 6.35. The number of aromatic nitrogens is 5. The zero-order chi connectivity index (χ0) is 25.1. The normalized spacial score (nSPS) is 19.6. The molecule has 9 nitrogen and oxygen atoms in total. The van der Waals surface area contributed by atoms with Crippen LogP contribution in [0, 0.1) is 0 Å². The van der Waals surface area contributed by atoms with Crippen LogP contribution in [0.3, 0.4) is 0 Å². The third-order valence-corrected chi connectivity index (χ3v) is 6.42. The number of rotatable bonds is 9. The summed E-state index contributed by atoms with van der Waals surface area (Å²) in [5.74, 6) is -0.465. The van der Waals surface area contributed by atoms with Gasteiger partial charge in [-0.05, 0) is 42.8 Å². The van der Waals surface area contributed by atoms with Crippen molar-refractivity contribution >= 4 is 23.2 Å². The van der Waals surface area contributed by atoms with Crippen LogP contribution in [0.15, 0.2) is 72.3 Å². The summed E-state index contributed by atoms with van der Waals surface area (Å²) in [6.45, 7) is 3.53. The number of nitrogens with zero attached hydrogens (tertiary/aromatic N) is 5. The monoisotopic (exact) mass is 529 g/mol. The molecule has 0 amide bonds. The fourth-order valence-corrected chi connectivity index (χ4v) is 4.70. The second-order valence-electron chi connectivity index (χ2n) is 8.47. The van der Waals surface area contributed by atoms with Gasteiger partial charge in [-0.15, -0.1) is 0 Å². The number of hydrogen-bond acceptors (Lipinski definition) is 6. The zero-order valence-corrected chi connectivity index (χ0v) is 21.1. The summed E-state index contributed by atoms with van der Waals surface area (Å²) in [5.41, 5.74) is 1.23. The van der Waals surface area contributed by atoms with Crippen LogP contribution in [0.4, 0.5) is 0 Å². The van der Waals surface area contributed by atoms with E-state index < -0.39 is 5.79 Å². The molecule has 2 aromatic carbocycles. The van der Waals surface area contributed by atoms with Crippen LogP contribution in [0.5, 0.6) is 5.75 Å². The largest absolute Gasteiger partial charge is 0.491 e. The molecule has 0 spiro atoms. The van der Waals surface area contributed by atoms with E-state index in [2.05, 4.69) is 10.1 Å². The van der Waals surface area contributed by atoms with Crippen molar-refractivity contribution in [2.45, 2.75) is 38.3 Å². The van der Waals surface area contributed by atoms with Gasteiger partial charge < -0.3 is 18.8 Å². The molecule has 0 aliphatic carbocycles. The molecule has 0 saturated carbocycles. The molecule has 4 aromatic rings. The molecule has 11 heteroatoms. The van der Waals surface area contributed by atoms with Crippen molar-refractivity contribution in [2.75, 3.05) is 13.2 Å². The van der Waals surface area contributed by atoms with E-state index in [0.29, 0.717) is 46.7 Å². The average molecular weight is 530 g/mol. The third-order valence-electron chi connectivity index (χ3n) is 5.87. The summed E-state index contributed by atoms with van der Waals surface area (Å²) in [6.07, 6.45) is 7.25. The van der Waals surface area contributed by atoms with Crippen LogP contribution in [0.25, 0.3) is 5.69 Å². The fraction of sp³-hybridized carbons (Fsp3) is 0.320. The maximum Gasteiger partial charge on any atom is 0.350 e. The minimum atomic E-state index is -1.11. The summed E-state index contributed by atoms with van der Waals surface area (Å²) in [5, 5.41) is 5.14. The molecule has 0 unspecified atom stereocenters. The maximum atomic E-state index is 12.5. The molecule has 36 heavy (non-hydrogen) atoms. The highest BCUT2D eigenvalue weighted by Gasteiger charge is 2.45. The topological polar surface area (TPSA) is 85.3 Å². The van der Waals surface area contributed by atoms with Gasteiger partial charge in [0.1, 0.15) is 24.8 Å². The van der Waals surface area contributed by atoms with Crippen LogP contribution in [0.1, 0.15) is 18.9 Å². The number of ether oxygens (including phenoxy) is 3. The minimum Gasteiger partial charge on any atom is -0.491 e. The van der Waals surface area contributed by atoms with Crippen LogP contribution in [-0.2, 0) is 28.4 Å². The SMILES string of the molecule is CCCn1ncn(-c2ccc(OC[C@@H]3CO[C@@](Cn4ccnc4)(c4ccc(Cl)cc4Cl)O3)cc2)c1=O. The first-order valence-electron chi connectivity index (χ1n) is 11.6. The number of hydrogen-bond donors (Lipinski definition) is 0. The Bertz CT molecular complexity index is 1370. The van der Waals surface area contributed by atoms with Crippen LogP contribution >= 0.6 is 23.2 Å². The van der Waals surface area contributed by atoms with E-state index in [1.165, 1.54) is 15.6 Å². The van der Waals surface area contributed by atoms with Gasteiger partial charge in [0.2, 0.25) is 5.79 Å². The van der Waals surface area contributed by atoms with Crippen molar-refractivity contribution in [3.63, 3.8) is 0 Å². The predicted molar refractivity (Wildman–Crippen MR) is 135 cm³/mol. The molecule has 5 rings (SSSR count). The molecule has 2 aromatic heterocycles. The summed E-state index contributed by atoms with van der Waals surface area (Å²) in [7, 11) is 0. The third kappa shape index (κ3) is 5.05. The first-order valence-corrected chi connectivity index (χ1v) is 12.3. The highest BCUT2D eigenvalue weighted by atomic mass is 35.5. The van der Waals surface area contributed by atoms with E-state index in [-0.39, 0.29) is 18.4 Å². The molecule has 0 radical (unpaired) electrons. The van der Waals surface area contributed by atoms with E-state index in [1.807, 2.05) is 48.0 Å². The van der Waals surface area contributed by atoms with Crippen molar-refractivity contribution in [1.29, 1.82) is 0 Å². The van der Waals surface area contributed by atoms with Crippen molar-refractivity contribution in [3.8, 4) is 11.4 Å². The average Bonchev–Trinajstić information content (AvgIpc) is 3.61. The number of imidazole rings is 1. The lowest BCUT2D eigenvalue weighted by atomic mass is 10.1. The summed E-state index contributed by atoms with van der Waals surface area (Å²) in [4.78, 5) is 16.6. The van der Waals surface area contributed by atoms with Gasteiger partial charge in [0.25, 0.3) is 0 Å². The van der Waals surface area contributed by atoms with E-state index >= 15 is 0 Å². The minimum absolute atomic E-state index is 0.169. The summed E-state index contributed by atoms with van der Waals surface area (Å²) < 4.78 is 23.4. The van der Waals surface area contributed by atoms with Crippen molar-refractivity contribution in [1.82, 2.24) is 23.9 Å². The Morgan fingerprint density at radius 2 is 2.00 bits per heavy atom. The molecule has 1 aliphatic heterocycles. The molecular formula is C25H25Cl2N5O4. The maximum absolute atomic E-state index is 12.5. The Morgan fingerprint density at radius 1 is 1.17 bits per heavy atom. The lowest BCUT2D eigenvalue weighted by molar-refractivity contribution is -0.189. The van der Waals surface area contributed by atoms with E-state index in [9.17, 15) is 4.79 Å². The molecule has 3 heterocycles. The second kappa shape index (κ2) is 10.5. The Kier molecular flexibility index (Phi) is 7.15. The van der Waals surface area contributed by atoms with E-state index in [0.717, 1.165) is 6.42 Å². The number of aryl methyl sites for hydroxylation is 1. The van der Waals surface area contributed by atoms with Gasteiger partial charge in [-0.25, -0.2) is 19.0 Å². The lowest BCUT2D eigenvalue weighted by Gasteiger charge is -2.30. The van der Waals surface area contributed by atoms with Gasteiger partial charge in [0.05, 0.1) is 30.2 Å². The van der Waals surface area contributed by atoms with Crippen molar-refractivity contribution in [2.24, 2.45) is 0 Å². The van der Waals surface area contributed by atoms with Crippen LogP contribution in [-0.4, -0.2) is 43.2 Å². The summed E-state index contributed by atoms with van der Waals surface area (Å²) >= 11 is 12.6. The van der Waals surface area contributed by atoms with Crippen LogP contribution < -0.4 is 10.4 Å². The molecular weight excluding hydrogens is 505 g/mol. The zero-order valence-electron chi connectivity index (χ0n) is 19.6.